The van der Waals surface area contributed by atoms with Gasteiger partial charge in [-0.3, -0.25) is 0 Å². The Morgan fingerprint density at radius 2 is 1.65 bits per heavy atom. The van der Waals surface area contributed by atoms with Crippen molar-refractivity contribution in [3.05, 3.63) is 29.8 Å². The summed E-state index contributed by atoms with van der Waals surface area (Å²) in [4.78, 5) is 0.443. The van der Waals surface area contributed by atoms with Gasteiger partial charge in [0.15, 0.2) is 9.84 Å². The van der Waals surface area contributed by atoms with Gasteiger partial charge in [0.2, 0.25) is 0 Å². The van der Waals surface area contributed by atoms with Gasteiger partial charge in [-0.15, -0.1) is 11.6 Å². The average Bonchev–Trinajstić information content (AvgIpc) is 2.40. The maximum absolute atomic E-state index is 12.4. The van der Waals surface area contributed by atoms with Crippen LogP contribution in [0.4, 0.5) is 0 Å². The summed E-state index contributed by atoms with van der Waals surface area (Å²) in [7, 11) is -3.13. The molecule has 1 saturated carbocycles. The van der Waals surface area contributed by atoms with Crippen molar-refractivity contribution in [1.82, 2.24) is 0 Å². The van der Waals surface area contributed by atoms with Crippen LogP contribution in [0, 0.1) is 0 Å². The summed E-state index contributed by atoms with van der Waals surface area (Å²) in [5.74, 6) is 0.420. The van der Waals surface area contributed by atoms with Crippen molar-refractivity contribution in [1.29, 1.82) is 0 Å². The quantitative estimate of drug-likeness (QED) is 0.789. The monoisotopic (exact) mass is 272 g/mol. The summed E-state index contributed by atoms with van der Waals surface area (Å²) < 4.78 is 24.7. The molecule has 0 bridgehead atoms. The number of rotatable bonds is 3. The molecule has 1 aromatic rings. The van der Waals surface area contributed by atoms with Crippen molar-refractivity contribution in [3.63, 3.8) is 0 Å². The van der Waals surface area contributed by atoms with E-state index in [2.05, 4.69) is 0 Å². The Morgan fingerprint density at radius 1 is 1.06 bits per heavy atom. The van der Waals surface area contributed by atoms with Crippen LogP contribution in [0.1, 0.15) is 37.7 Å². The molecule has 2 nitrogen and oxygen atoms in total. The van der Waals surface area contributed by atoms with Crippen molar-refractivity contribution >= 4 is 21.4 Å². The number of benzene rings is 1. The van der Waals surface area contributed by atoms with Gasteiger partial charge in [0.1, 0.15) is 0 Å². The van der Waals surface area contributed by atoms with E-state index in [1.54, 1.807) is 24.3 Å². The van der Waals surface area contributed by atoms with Gasteiger partial charge in [-0.25, -0.2) is 8.42 Å². The SMILES string of the molecule is O=S(=O)(c1ccc(CCl)cc1)C1CCCCC1. The summed E-state index contributed by atoms with van der Waals surface area (Å²) >= 11 is 5.69. The predicted molar refractivity (Wildman–Crippen MR) is 70.1 cm³/mol. The van der Waals surface area contributed by atoms with Crippen LogP contribution in [0.2, 0.25) is 0 Å². The van der Waals surface area contributed by atoms with Crippen LogP contribution < -0.4 is 0 Å². The van der Waals surface area contributed by atoms with Gasteiger partial charge in [-0.05, 0) is 30.5 Å². The van der Waals surface area contributed by atoms with Crippen molar-refractivity contribution in [2.24, 2.45) is 0 Å². The van der Waals surface area contributed by atoms with Crippen LogP contribution >= 0.6 is 11.6 Å². The molecule has 0 aromatic heterocycles. The second-order valence-corrected chi connectivity index (χ2v) is 7.08. The molecule has 1 aliphatic rings. The maximum atomic E-state index is 12.4. The molecule has 17 heavy (non-hydrogen) atoms. The molecular formula is C13H17ClO2S. The molecule has 94 valence electrons. The first-order chi connectivity index (χ1) is 8.14. The second kappa shape index (κ2) is 5.40. The third-order valence-electron chi connectivity index (χ3n) is 3.40. The summed E-state index contributed by atoms with van der Waals surface area (Å²) in [6.07, 6.45) is 4.84. The molecular weight excluding hydrogens is 256 g/mol. The third-order valence-corrected chi connectivity index (χ3v) is 5.98. The fraction of sp³-hybridized carbons (Fsp3) is 0.538. The molecule has 4 heteroatoms. The highest BCUT2D eigenvalue weighted by Gasteiger charge is 2.28. The number of hydrogen-bond donors (Lipinski definition) is 0. The Kier molecular flexibility index (Phi) is 4.10. The topological polar surface area (TPSA) is 34.1 Å². The van der Waals surface area contributed by atoms with Crippen LogP contribution in [0.3, 0.4) is 0 Å². The molecule has 0 unspecified atom stereocenters. The van der Waals surface area contributed by atoms with E-state index in [9.17, 15) is 8.42 Å². The number of alkyl halides is 1. The average molecular weight is 273 g/mol. The highest BCUT2D eigenvalue weighted by molar-refractivity contribution is 7.92. The molecule has 1 aliphatic carbocycles. The Hall–Kier alpha value is -0.540. The first kappa shape index (κ1) is 12.9. The van der Waals surface area contributed by atoms with Crippen molar-refractivity contribution in [2.75, 3.05) is 0 Å². The maximum Gasteiger partial charge on any atom is 0.181 e. The predicted octanol–water partition coefficient (Wildman–Crippen LogP) is 3.53. The van der Waals surface area contributed by atoms with E-state index in [1.165, 1.54) is 0 Å². The van der Waals surface area contributed by atoms with Crippen molar-refractivity contribution in [3.8, 4) is 0 Å². The summed E-state index contributed by atoms with van der Waals surface area (Å²) in [6, 6.07) is 6.95. The minimum Gasteiger partial charge on any atom is -0.223 e. The van der Waals surface area contributed by atoms with E-state index < -0.39 is 9.84 Å². The van der Waals surface area contributed by atoms with Crippen LogP contribution in [-0.2, 0) is 15.7 Å². The Labute approximate surface area is 108 Å². The van der Waals surface area contributed by atoms with E-state index in [1.807, 2.05) is 0 Å². The van der Waals surface area contributed by atoms with E-state index in [0.29, 0.717) is 10.8 Å². The van der Waals surface area contributed by atoms with Crippen LogP contribution in [-0.4, -0.2) is 13.7 Å². The largest absolute Gasteiger partial charge is 0.223 e. The zero-order valence-electron chi connectivity index (χ0n) is 9.73. The van der Waals surface area contributed by atoms with E-state index >= 15 is 0 Å². The normalized spacial score (nSPS) is 18.2. The fourth-order valence-corrected chi connectivity index (χ4v) is 4.37. The number of hydrogen-bond acceptors (Lipinski definition) is 2. The molecule has 0 atom stereocenters. The zero-order chi connectivity index (χ0) is 12.3. The van der Waals surface area contributed by atoms with E-state index in [4.69, 9.17) is 11.6 Å². The minimum atomic E-state index is -3.13. The van der Waals surface area contributed by atoms with Crippen molar-refractivity contribution in [2.45, 2.75) is 48.1 Å². The lowest BCUT2D eigenvalue weighted by atomic mass is 10.0. The van der Waals surface area contributed by atoms with E-state index in [0.717, 1.165) is 37.7 Å². The van der Waals surface area contributed by atoms with Gasteiger partial charge in [0, 0.05) is 5.88 Å². The summed E-state index contributed by atoms with van der Waals surface area (Å²) in [6.45, 7) is 0. The molecule has 0 heterocycles. The van der Waals surface area contributed by atoms with E-state index in [-0.39, 0.29) is 5.25 Å². The van der Waals surface area contributed by atoms with Crippen LogP contribution in [0.5, 0.6) is 0 Å². The first-order valence-corrected chi connectivity index (χ1v) is 8.11. The molecule has 0 amide bonds. The highest BCUT2D eigenvalue weighted by Crippen LogP contribution is 2.28. The second-order valence-electron chi connectivity index (χ2n) is 4.58. The van der Waals surface area contributed by atoms with Crippen LogP contribution in [0.25, 0.3) is 0 Å². The highest BCUT2D eigenvalue weighted by atomic mass is 35.5. The Morgan fingerprint density at radius 3 is 2.18 bits per heavy atom. The summed E-state index contributed by atoms with van der Waals surface area (Å²) in [5.41, 5.74) is 0.953. The lowest BCUT2D eigenvalue weighted by Crippen LogP contribution is -2.24. The minimum absolute atomic E-state index is 0.182. The van der Waals surface area contributed by atoms with Gasteiger partial charge in [0.25, 0.3) is 0 Å². The van der Waals surface area contributed by atoms with Gasteiger partial charge >= 0.3 is 0 Å². The Balaban J connectivity index is 2.23. The lowest BCUT2D eigenvalue weighted by molar-refractivity contribution is 0.483. The Bertz CT molecular complexity index is 459. The van der Waals surface area contributed by atoms with Gasteiger partial charge < -0.3 is 0 Å². The molecule has 0 N–H and O–H groups in total. The molecule has 0 spiro atoms. The third kappa shape index (κ3) is 2.83. The van der Waals surface area contributed by atoms with Crippen molar-refractivity contribution < 1.29 is 8.42 Å². The molecule has 1 fully saturated rings. The van der Waals surface area contributed by atoms with Gasteiger partial charge in [0.05, 0.1) is 10.1 Å². The van der Waals surface area contributed by atoms with Crippen LogP contribution in [0.15, 0.2) is 29.2 Å². The molecule has 1 aromatic carbocycles. The summed E-state index contributed by atoms with van der Waals surface area (Å²) in [5, 5.41) is -0.182. The standard InChI is InChI=1S/C13H17ClO2S/c14-10-11-6-8-13(9-7-11)17(15,16)12-4-2-1-3-5-12/h6-9,12H,1-5,10H2. The molecule has 0 saturated heterocycles. The molecule has 2 rings (SSSR count). The first-order valence-electron chi connectivity index (χ1n) is 6.03. The fourth-order valence-electron chi connectivity index (χ4n) is 2.34. The molecule has 0 aliphatic heterocycles. The molecule has 0 radical (unpaired) electrons. The smallest absolute Gasteiger partial charge is 0.181 e. The number of sulfone groups is 1. The lowest BCUT2D eigenvalue weighted by Gasteiger charge is -2.21. The van der Waals surface area contributed by atoms with Gasteiger partial charge in [-0.1, -0.05) is 31.4 Å². The number of halogens is 1. The zero-order valence-corrected chi connectivity index (χ0v) is 11.3. The van der Waals surface area contributed by atoms with Gasteiger partial charge in [-0.2, -0.15) is 0 Å².